The van der Waals surface area contributed by atoms with Crippen LogP contribution in [-0.4, -0.2) is 30.9 Å². The summed E-state index contributed by atoms with van der Waals surface area (Å²) in [6, 6.07) is 0. The largest absolute Gasteiger partial charge is 0.508 e. The van der Waals surface area contributed by atoms with Crippen molar-refractivity contribution >= 4 is 17.9 Å². The highest BCUT2D eigenvalue weighted by Crippen LogP contribution is 2.40. The number of rotatable bonds is 0. The Labute approximate surface area is 63.1 Å². The molecule has 0 unspecified atom stereocenters. The van der Waals surface area contributed by atoms with Crippen molar-refractivity contribution in [3.8, 4) is 0 Å². The Hall–Kier alpha value is -0.380. The predicted molar refractivity (Wildman–Crippen MR) is 37.1 cm³/mol. The van der Waals surface area contributed by atoms with E-state index in [1.54, 1.807) is 0 Å². The number of carbonyl (C=O) groups excluding carboxylic acids is 1. The van der Waals surface area contributed by atoms with Gasteiger partial charge in [-0.05, 0) is 0 Å². The molecule has 0 radical (unpaired) electrons. The fourth-order valence-electron chi connectivity index (χ4n) is 1.06. The second kappa shape index (κ2) is 2.05. The topological polar surface area (TPSA) is 35.5 Å². The molecule has 0 aromatic heterocycles. The van der Waals surface area contributed by atoms with Crippen molar-refractivity contribution < 1.29 is 14.3 Å². The van der Waals surface area contributed by atoms with Crippen molar-refractivity contribution in [2.24, 2.45) is 5.41 Å². The van der Waals surface area contributed by atoms with Crippen LogP contribution in [0.2, 0.25) is 0 Å². The molecule has 10 heavy (non-hydrogen) atoms. The van der Waals surface area contributed by atoms with Crippen LogP contribution in [-0.2, 0) is 9.47 Å². The molecule has 0 atom stereocenters. The van der Waals surface area contributed by atoms with Gasteiger partial charge < -0.3 is 9.47 Å². The first-order valence-electron chi connectivity index (χ1n) is 3.18. The minimum Gasteiger partial charge on any atom is -0.433 e. The average Bonchev–Trinajstić information content (AvgIpc) is 1.86. The lowest BCUT2D eigenvalue weighted by Gasteiger charge is -2.41. The number of ether oxygens (including phenoxy) is 2. The standard InChI is InChI=1S/C6H8O3S/c7-5-8-1-6(2-9-5)3-10-4-6/h1-4H2. The van der Waals surface area contributed by atoms with Crippen LogP contribution in [0.1, 0.15) is 0 Å². The molecule has 1 spiro atoms. The van der Waals surface area contributed by atoms with Gasteiger partial charge in [0.15, 0.2) is 0 Å². The molecule has 2 heterocycles. The Morgan fingerprint density at radius 1 is 1.30 bits per heavy atom. The summed E-state index contributed by atoms with van der Waals surface area (Å²) in [5.74, 6) is 2.14. The van der Waals surface area contributed by atoms with Gasteiger partial charge in [-0.3, -0.25) is 0 Å². The zero-order chi connectivity index (χ0) is 7.03. The number of thioether (sulfide) groups is 1. The summed E-state index contributed by atoms with van der Waals surface area (Å²) in [7, 11) is 0. The summed E-state index contributed by atoms with van der Waals surface area (Å²) in [4.78, 5) is 10.4. The molecule has 56 valence electrons. The van der Waals surface area contributed by atoms with Crippen LogP contribution in [0.5, 0.6) is 0 Å². The van der Waals surface area contributed by atoms with Crippen LogP contribution in [0, 0.1) is 5.41 Å². The van der Waals surface area contributed by atoms with E-state index < -0.39 is 6.16 Å². The monoisotopic (exact) mass is 160 g/mol. The zero-order valence-corrected chi connectivity index (χ0v) is 6.28. The molecule has 3 nitrogen and oxygen atoms in total. The molecular weight excluding hydrogens is 152 g/mol. The highest BCUT2D eigenvalue weighted by atomic mass is 32.2. The summed E-state index contributed by atoms with van der Waals surface area (Å²) in [5.41, 5.74) is 0.179. The predicted octanol–water partition coefficient (Wildman–Crippen LogP) is 0.886. The van der Waals surface area contributed by atoms with Crippen molar-refractivity contribution in [2.45, 2.75) is 0 Å². The molecule has 0 saturated carbocycles. The second-order valence-electron chi connectivity index (χ2n) is 2.82. The molecule has 4 heteroatoms. The molecule has 0 N–H and O–H groups in total. The number of cyclic esters (lactones) is 2. The minimum atomic E-state index is -0.512. The van der Waals surface area contributed by atoms with E-state index in [1.807, 2.05) is 11.8 Å². The van der Waals surface area contributed by atoms with E-state index in [2.05, 4.69) is 0 Å². The van der Waals surface area contributed by atoms with Crippen LogP contribution < -0.4 is 0 Å². The maximum Gasteiger partial charge on any atom is 0.508 e. The SMILES string of the molecule is O=C1OCC2(CO1)CSC2. The van der Waals surface area contributed by atoms with Crippen LogP contribution in [0.15, 0.2) is 0 Å². The first-order valence-corrected chi connectivity index (χ1v) is 4.34. The lowest BCUT2D eigenvalue weighted by atomic mass is 9.94. The van der Waals surface area contributed by atoms with Gasteiger partial charge in [0, 0.05) is 11.5 Å². The highest BCUT2D eigenvalue weighted by Gasteiger charge is 2.43. The molecule has 2 aliphatic rings. The zero-order valence-electron chi connectivity index (χ0n) is 5.46. The van der Waals surface area contributed by atoms with Gasteiger partial charge in [-0.25, -0.2) is 4.79 Å². The van der Waals surface area contributed by atoms with Gasteiger partial charge in [0.25, 0.3) is 0 Å². The van der Waals surface area contributed by atoms with Crippen molar-refractivity contribution in [1.29, 1.82) is 0 Å². The third kappa shape index (κ3) is 0.868. The molecule has 0 aromatic rings. The normalized spacial score (nSPS) is 28.6. The van der Waals surface area contributed by atoms with Crippen molar-refractivity contribution in [1.82, 2.24) is 0 Å². The fourth-order valence-corrected chi connectivity index (χ4v) is 2.18. The number of hydrogen-bond donors (Lipinski definition) is 0. The van der Waals surface area contributed by atoms with E-state index in [4.69, 9.17) is 9.47 Å². The Morgan fingerprint density at radius 2 is 1.90 bits per heavy atom. The lowest BCUT2D eigenvalue weighted by molar-refractivity contribution is -0.0448. The maximum absolute atomic E-state index is 10.4. The maximum atomic E-state index is 10.4. The number of carbonyl (C=O) groups is 1. The van der Waals surface area contributed by atoms with Crippen LogP contribution in [0.4, 0.5) is 4.79 Å². The Bertz CT molecular complexity index is 152. The second-order valence-corrected chi connectivity index (χ2v) is 3.81. The van der Waals surface area contributed by atoms with Gasteiger partial charge >= 0.3 is 6.16 Å². The number of hydrogen-bond acceptors (Lipinski definition) is 4. The first-order chi connectivity index (χ1) is 4.81. The van der Waals surface area contributed by atoms with E-state index >= 15 is 0 Å². The van der Waals surface area contributed by atoms with E-state index in [1.165, 1.54) is 0 Å². The quantitative estimate of drug-likeness (QED) is 0.493. The van der Waals surface area contributed by atoms with Crippen LogP contribution in [0.3, 0.4) is 0 Å². The van der Waals surface area contributed by atoms with Gasteiger partial charge in [0.1, 0.15) is 13.2 Å². The fraction of sp³-hybridized carbons (Fsp3) is 0.833. The van der Waals surface area contributed by atoms with Gasteiger partial charge in [-0.15, -0.1) is 0 Å². The van der Waals surface area contributed by atoms with Gasteiger partial charge in [-0.2, -0.15) is 11.8 Å². The van der Waals surface area contributed by atoms with Crippen molar-refractivity contribution in [2.75, 3.05) is 24.7 Å². The third-order valence-electron chi connectivity index (χ3n) is 1.81. The molecule has 0 bridgehead atoms. The average molecular weight is 160 g/mol. The smallest absolute Gasteiger partial charge is 0.433 e. The first kappa shape index (κ1) is 6.34. The highest BCUT2D eigenvalue weighted by molar-refractivity contribution is 8.00. The summed E-state index contributed by atoms with van der Waals surface area (Å²) in [5, 5.41) is 0. The van der Waals surface area contributed by atoms with E-state index in [0.717, 1.165) is 11.5 Å². The molecule has 2 fully saturated rings. The summed E-state index contributed by atoms with van der Waals surface area (Å²) >= 11 is 1.87. The molecule has 0 aromatic carbocycles. The molecule has 2 saturated heterocycles. The molecule has 0 aliphatic carbocycles. The lowest BCUT2D eigenvalue weighted by Crippen LogP contribution is -2.48. The van der Waals surface area contributed by atoms with Crippen LogP contribution >= 0.6 is 11.8 Å². The van der Waals surface area contributed by atoms with E-state index in [0.29, 0.717) is 13.2 Å². The Balaban J connectivity index is 1.96. The molecule has 0 amide bonds. The molecule has 2 rings (SSSR count). The van der Waals surface area contributed by atoms with E-state index in [-0.39, 0.29) is 5.41 Å². The Morgan fingerprint density at radius 3 is 2.30 bits per heavy atom. The van der Waals surface area contributed by atoms with Gasteiger partial charge in [-0.1, -0.05) is 0 Å². The summed E-state index contributed by atoms with van der Waals surface area (Å²) in [6.07, 6.45) is -0.512. The minimum absolute atomic E-state index is 0.179. The van der Waals surface area contributed by atoms with Crippen LogP contribution in [0.25, 0.3) is 0 Å². The van der Waals surface area contributed by atoms with Crippen molar-refractivity contribution in [3.63, 3.8) is 0 Å². The van der Waals surface area contributed by atoms with Gasteiger partial charge in [0.05, 0.1) is 5.41 Å². The summed E-state index contributed by atoms with van der Waals surface area (Å²) < 4.78 is 9.52. The molecular formula is C6H8O3S. The van der Waals surface area contributed by atoms with Gasteiger partial charge in [0.2, 0.25) is 0 Å². The summed E-state index contributed by atoms with van der Waals surface area (Å²) in [6.45, 7) is 1.11. The third-order valence-corrected chi connectivity index (χ3v) is 3.44. The Kier molecular flexibility index (Phi) is 1.30. The van der Waals surface area contributed by atoms with E-state index in [9.17, 15) is 4.79 Å². The molecule has 2 aliphatic heterocycles. The van der Waals surface area contributed by atoms with Crippen molar-refractivity contribution in [3.05, 3.63) is 0 Å².